The van der Waals surface area contributed by atoms with Gasteiger partial charge in [-0.25, -0.2) is 9.78 Å². The number of thiol groups is 1. The average molecular weight is 343 g/mol. The first kappa shape index (κ1) is 18.1. The second-order valence-corrected chi connectivity index (χ2v) is 4.76. The van der Waals surface area contributed by atoms with E-state index >= 15 is 0 Å². The smallest absolute Gasteiger partial charge is 0.342 e. The molecule has 0 fully saturated rings. The third kappa shape index (κ3) is 4.25. The molecule has 22 heavy (non-hydrogen) atoms. The molecule has 8 heteroatoms. The van der Waals surface area contributed by atoms with Gasteiger partial charge in [0.2, 0.25) is 5.88 Å². The van der Waals surface area contributed by atoms with Crippen LogP contribution in [0.25, 0.3) is 0 Å². The van der Waals surface area contributed by atoms with E-state index in [-0.39, 0.29) is 30.6 Å². The van der Waals surface area contributed by atoms with E-state index < -0.39 is 5.97 Å². The summed E-state index contributed by atoms with van der Waals surface area (Å²) in [6.07, 6.45) is 1.15. The molecule has 1 N–H and O–H groups in total. The van der Waals surface area contributed by atoms with Crippen molar-refractivity contribution in [2.24, 2.45) is 0 Å². The van der Waals surface area contributed by atoms with E-state index in [4.69, 9.17) is 26.2 Å². The Bertz CT molecular complexity index is 682. The van der Waals surface area contributed by atoms with Gasteiger partial charge in [0.25, 0.3) is 0 Å². The summed E-state index contributed by atoms with van der Waals surface area (Å²) < 4.78 is 10.5. The molecule has 2 rings (SSSR count). The minimum atomic E-state index is -1.17. The molecule has 2 aromatic rings. The van der Waals surface area contributed by atoms with Crippen molar-refractivity contribution < 1.29 is 19.4 Å². The molecule has 0 radical (unpaired) electrons. The van der Waals surface area contributed by atoms with E-state index in [0.717, 1.165) is 11.8 Å². The molecule has 0 saturated carbocycles. The lowest BCUT2D eigenvalue weighted by Gasteiger charge is -2.09. The molecule has 0 unspecified atom stereocenters. The van der Waals surface area contributed by atoms with Crippen LogP contribution in [0, 0.1) is 0 Å². The number of carbonyl (C=O) groups is 1. The Morgan fingerprint density at radius 3 is 2.77 bits per heavy atom. The summed E-state index contributed by atoms with van der Waals surface area (Å²) in [5.41, 5.74) is 0.615. The van der Waals surface area contributed by atoms with E-state index in [1.54, 1.807) is 18.2 Å². The van der Waals surface area contributed by atoms with Gasteiger partial charge in [-0.1, -0.05) is 25.1 Å². The predicted octanol–water partition coefficient (Wildman–Crippen LogP) is 3.34. The number of nitrogens with zero attached hydrogens (tertiary/aromatic N) is 2. The lowest BCUT2D eigenvalue weighted by Crippen LogP contribution is -2.06. The largest absolute Gasteiger partial charge is 0.495 e. The monoisotopic (exact) mass is 342 g/mol. The average Bonchev–Trinajstić information content (AvgIpc) is 2.45. The molecule has 1 aromatic heterocycles. The molecule has 0 atom stereocenters. The van der Waals surface area contributed by atoms with Crippen molar-refractivity contribution in [1.82, 2.24) is 9.97 Å². The van der Waals surface area contributed by atoms with Crippen molar-refractivity contribution in [1.29, 1.82) is 0 Å². The van der Waals surface area contributed by atoms with E-state index in [1.165, 1.54) is 7.11 Å². The fraction of sp³-hybridized carbons (Fsp3) is 0.214. The Hall–Kier alpha value is -1.99. The minimum Gasteiger partial charge on any atom is -0.495 e. The van der Waals surface area contributed by atoms with Gasteiger partial charge in [0.05, 0.1) is 12.1 Å². The van der Waals surface area contributed by atoms with E-state index in [2.05, 4.69) is 22.6 Å². The number of carboxylic acids is 1. The lowest BCUT2D eigenvalue weighted by molar-refractivity contribution is 0.0689. The Balaban J connectivity index is 0.00000242. The van der Waals surface area contributed by atoms with Crippen molar-refractivity contribution in [2.45, 2.75) is 19.2 Å². The Kier molecular flexibility index (Phi) is 6.45. The van der Waals surface area contributed by atoms with Crippen molar-refractivity contribution >= 4 is 30.2 Å². The fourth-order valence-electron chi connectivity index (χ4n) is 1.57. The first-order valence-electron chi connectivity index (χ1n) is 5.75. The molecule has 0 saturated heterocycles. The zero-order valence-corrected chi connectivity index (χ0v) is 12.6. The van der Waals surface area contributed by atoms with Crippen molar-refractivity contribution in [3.63, 3.8) is 0 Å². The summed E-state index contributed by atoms with van der Waals surface area (Å²) in [7, 11) is 1.52. The van der Waals surface area contributed by atoms with Crippen LogP contribution < -0.4 is 9.47 Å². The number of benzene rings is 1. The molecule has 1 aromatic carbocycles. The highest BCUT2D eigenvalue weighted by Gasteiger charge is 2.14. The number of rotatable bonds is 5. The molecular formula is C14H15ClN2O4S. The van der Waals surface area contributed by atoms with Gasteiger partial charge in [0.15, 0.2) is 5.16 Å². The van der Waals surface area contributed by atoms with Crippen LogP contribution in [0.3, 0.4) is 0 Å². The summed E-state index contributed by atoms with van der Waals surface area (Å²) in [5.74, 6) is -0.674. The number of carboxylic acid groups (broad SMARTS) is 1. The zero-order chi connectivity index (χ0) is 15.4. The van der Waals surface area contributed by atoms with Gasteiger partial charge < -0.3 is 14.6 Å². The maximum absolute atomic E-state index is 11.1. The Labute approximate surface area is 138 Å². The SMILES string of the molecule is C.COc1ccc(COc2nc(S)ncc2C(=O)O)cc1Cl. The number of aromatic carboxylic acids is 1. The van der Waals surface area contributed by atoms with Gasteiger partial charge >= 0.3 is 5.97 Å². The predicted molar refractivity (Wildman–Crippen MR) is 85.3 cm³/mol. The number of hydrogen-bond acceptors (Lipinski definition) is 6. The number of hydrogen-bond donors (Lipinski definition) is 2. The lowest BCUT2D eigenvalue weighted by atomic mass is 10.2. The molecule has 1 heterocycles. The summed E-state index contributed by atoms with van der Waals surface area (Å²) in [6.45, 7) is 0.105. The summed E-state index contributed by atoms with van der Waals surface area (Å²) in [6, 6.07) is 5.13. The van der Waals surface area contributed by atoms with Crippen LogP contribution in [0.4, 0.5) is 0 Å². The molecule has 0 aliphatic carbocycles. The van der Waals surface area contributed by atoms with Crippen LogP contribution in [0.5, 0.6) is 11.6 Å². The molecule has 118 valence electrons. The number of halogens is 1. The van der Waals surface area contributed by atoms with Crippen LogP contribution in [-0.4, -0.2) is 28.2 Å². The second kappa shape index (κ2) is 7.86. The standard InChI is InChI=1S/C13H11ClN2O4S.CH4/c1-19-10-3-2-7(4-9(10)14)6-20-11-8(12(17)18)5-15-13(21)16-11;/h2-5H,6H2,1H3,(H,17,18)(H,15,16,21);1H4. The Morgan fingerprint density at radius 2 is 2.18 bits per heavy atom. The van der Waals surface area contributed by atoms with Crippen molar-refractivity contribution in [3.8, 4) is 11.6 Å². The molecule has 0 bridgehead atoms. The van der Waals surface area contributed by atoms with Gasteiger partial charge in [-0.3, -0.25) is 0 Å². The third-order valence-electron chi connectivity index (χ3n) is 2.56. The summed E-state index contributed by atoms with van der Waals surface area (Å²) in [5, 5.41) is 9.61. The van der Waals surface area contributed by atoms with Crippen LogP contribution in [0.15, 0.2) is 29.6 Å². The highest BCUT2D eigenvalue weighted by Crippen LogP contribution is 2.26. The minimum absolute atomic E-state index is 0. The molecule has 0 amide bonds. The van der Waals surface area contributed by atoms with Gasteiger partial charge in [-0.2, -0.15) is 4.98 Å². The molecule has 0 spiro atoms. The van der Waals surface area contributed by atoms with Gasteiger partial charge in [-0.15, -0.1) is 12.6 Å². The van der Waals surface area contributed by atoms with Gasteiger partial charge in [0.1, 0.15) is 17.9 Å². The van der Waals surface area contributed by atoms with Crippen LogP contribution in [0.1, 0.15) is 23.3 Å². The van der Waals surface area contributed by atoms with Gasteiger partial charge in [0, 0.05) is 6.20 Å². The van der Waals surface area contributed by atoms with E-state index in [9.17, 15) is 4.79 Å². The highest BCUT2D eigenvalue weighted by atomic mass is 35.5. The fourth-order valence-corrected chi connectivity index (χ4v) is 1.99. The molecular weight excluding hydrogens is 328 g/mol. The molecule has 0 aliphatic heterocycles. The van der Waals surface area contributed by atoms with E-state index in [1.807, 2.05) is 0 Å². The maximum Gasteiger partial charge on any atom is 0.342 e. The van der Waals surface area contributed by atoms with Crippen molar-refractivity contribution in [2.75, 3.05) is 7.11 Å². The first-order valence-corrected chi connectivity index (χ1v) is 6.58. The number of ether oxygens (including phenoxy) is 2. The van der Waals surface area contributed by atoms with E-state index in [0.29, 0.717) is 10.8 Å². The van der Waals surface area contributed by atoms with Gasteiger partial charge in [-0.05, 0) is 17.7 Å². The summed E-state index contributed by atoms with van der Waals surface area (Å²) >= 11 is 9.97. The molecule has 0 aliphatic rings. The Morgan fingerprint density at radius 1 is 1.45 bits per heavy atom. The molecule has 6 nitrogen and oxygen atoms in total. The highest BCUT2D eigenvalue weighted by molar-refractivity contribution is 7.80. The number of methoxy groups -OCH3 is 1. The second-order valence-electron chi connectivity index (χ2n) is 3.95. The van der Waals surface area contributed by atoms with Crippen LogP contribution >= 0.6 is 24.2 Å². The quantitative estimate of drug-likeness (QED) is 0.640. The maximum atomic E-state index is 11.1. The topological polar surface area (TPSA) is 81.5 Å². The third-order valence-corrected chi connectivity index (χ3v) is 3.07. The normalized spacial score (nSPS) is 9.77. The summed E-state index contributed by atoms with van der Waals surface area (Å²) in [4.78, 5) is 18.6. The van der Waals surface area contributed by atoms with Crippen molar-refractivity contribution in [3.05, 3.63) is 40.5 Å². The van der Waals surface area contributed by atoms with Crippen LogP contribution in [0.2, 0.25) is 5.02 Å². The first-order chi connectivity index (χ1) is 10.0. The zero-order valence-electron chi connectivity index (χ0n) is 10.9. The number of aromatic nitrogens is 2. The van der Waals surface area contributed by atoms with Crippen LogP contribution in [-0.2, 0) is 6.61 Å².